The van der Waals surface area contributed by atoms with Crippen LogP contribution in [0.1, 0.15) is 38.9 Å². The molecule has 0 bridgehead atoms. The van der Waals surface area contributed by atoms with Gasteiger partial charge in [-0.1, -0.05) is 19.8 Å². The molecule has 1 aromatic rings. The Kier molecular flexibility index (Phi) is 3.42. The normalized spacial score (nSPS) is 15.6. The monoisotopic (exact) mass is 183 g/mol. The van der Waals surface area contributed by atoms with Gasteiger partial charge in [-0.15, -0.1) is 0 Å². The van der Waals surface area contributed by atoms with Gasteiger partial charge in [0.25, 0.3) is 0 Å². The first kappa shape index (κ1) is 10.2. The fourth-order valence-corrected chi connectivity index (χ4v) is 1.32. The third-order valence-electron chi connectivity index (χ3n) is 2.08. The average molecular weight is 183 g/mol. The van der Waals surface area contributed by atoms with Crippen LogP contribution in [0.4, 0.5) is 0 Å². The van der Waals surface area contributed by atoms with Crippen LogP contribution in [-0.2, 0) is 6.42 Å². The van der Waals surface area contributed by atoms with E-state index in [1.807, 2.05) is 6.92 Å². The van der Waals surface area contributed by atoms with E-state index >= 15 is 0 Å². The maximum Gasteiger partial charge on any atom is 0.137 e. The van der Waals surface area contributed by atoms with Crippen molar-refractivity contribution in [2.45, 2.75) is 45.1 Å². The highest BCUT2D eigenvalue weighted by atomic mass is 16.3. The lowest BCUT2D eigenvalue weighted by Crippen LogP contribution is -2.27. The summed E-state index contributed by atoms with van der Waals surface area (Å²) < 4.78 is 0. The number of unbranched alkanes of at least 4 members (excludes halogenated alkanes) is 1. The van der Waals surface area contributed by atoms with E-state index in [0.29, 0.717) is 6.42 Å². The van der Waals surface area contributed by atoms with Crippen LogP contribution >= 0.6 is 0 Å². The highest BCUT2D eigenvalue weighted by molar-refractivity contribution is 4.89. The van der Waals surface area contributed by atoms with Crippen molar-refractivity contribution in [2.24, 2.45) is 0 Å². The smallest absolute Gasteiger partial charge is 0.137 e. The Morgan fingerprint density at radius 3 is 2.92 bits per heavy atom. The molecule has 0 aliphatic rings. The SMILES string of the molecule is CCCCC(C)(O)Cc1ncn[nH]1. The quantitative estimate of drug-likeness (QED) is 0.723. The largest absolute Gasteiger partial charge is 0.390 e. The van der Waals surface area contributed by atoms with Crippen LogP contribution in [0, 0.1) is 0 Å². The molecule has 1 aromatic heterocycles. The topological polar surface area (TPSA) is 61.8 Å². The van der Waals surface area contributed by atoms with Gasteiger partial charge in [0.05, 0.1) is 5.60 Å². The molecule has 0 aliphatic heterocycles. The van der Waals surface area contributed by atoms with Crippen LogP contribution in [-0.4, -0.2) is 25.9 Å². The zero-order valence-electron chi connectivity index (χ0n) is 8.25. The number of aliphatic hydroxyl groups is 1. The van der Waals surface area contributed by atoms with Crippen molar-refractivity contribution in [3.63, 3.8) is 0 Å². The number of hydrogen-bond donors (Lipinski definition) is 2. The van der Waals surface area contributed by atoms with E-state index in [1.54, 1.807) is 0 Å². The minimum atomic E-state index is -0.657. The van der Waals surface area contributed by atoms with Gasteiger partial charge in [-0.3, -0.25) is 5.10 Å². The van der Waals surface area contributed by atoms with Gasteiger partial charge in [0, 0.05) is 6.42 Å². The molecule has 4 heteroatoms. The molecule has 0 aliphatic carbocycles. The summed E-state index contributed by atoms with van der Waals surface area (Å²) in [6.07, 6.45) is 4.97. The van der Waals surface area contributed by atoms with Crippen molar-refractivity contribution in [1.29, 1.82) is 0 Å². The van der Waals surface area contributed by atoms with Gasteiger partial charge in [0.1, 0.15) is 12.2 Å². The lowest BCUT2D eigenvalue weighted by molar-refractivity contribution is 0.0471. The first-order valence-corrected chi connectivity index (χ1v) is 4.70. The summed E-state index contributed by atoms with van der Waals surface area (Å²) in [5.74, 6) is 0.751. The molecule has 1 heterocycles. The molecule has 4 nitrogen and oxygen atoms in total. The first-order valence-electron chi connectivity index (χ1n) is 4.70. The van der Waals surface area contributed by atoms with Gasteiger partial charge < -0.3 is 5.11 Å². The summed E-state index contributed by atoms with van der Waals surface area (Å²) in [5.41, 5.74) is -0.657. The summed E-state index contributed by atoms with van der Waals surface area (Å²) in [5, 5.41) is 16.4. The van der Waals surface area contributed by atoms with Crippen molar-refractivity contribution in [3.8, 4) is 0 Å². The lowest BCUT2D eigenvalue weighted by atomic mass is 9.95. The van der Waals surface area contributed by atoms with Crippen LogP contribution in [0.3, 0.4) is 0 Å². The summed E-state index contributed by atoms with van der Waals surface area (Å²) in [6.45, 7) is 3.95. The molecule has 1 atom stereocenters. The molecule has 0 radical (unpaired) electrons. The third kappa shape index (κ3) is 3.55. The lowest BCUT2D eigenvalue weighted by Gasteiger charge is -2.21. The van der Waals surface area contributed by atoms with E-state index < -0.39 is 5.60 Å². The summed E-state index contributed by atoms with van der Waals surface area (Å²) in [7, 11) is 0. The van der Waals surface area contributed by atoms with Crippen LogP contribution in [0.15, 0.2) is 6.33 Å². The number of hydrogen-bond acceptors (Lipinski definition) is 3. The van der Waals surface area contributed by atoms with E-state index in [0.717, 1.165) is 25.1 Å². The molecule has 0 aromatic carbocycles. The number of H-pyrrole nitrogens is 1. The van der Waals surface area contributed by atoms with Gasteiger partial charge in [-0.2, -0.15) is 5.10 Å². The number of nitrogens with one attached hydrogen (secondary N) is 1. The predicted octanol–water partition coefficient (Wildman–Crippen LogP) is 1.29. The molecule has 74 valence electrons. The standard InChI is InChI=1S/C9H17N3O/c1-3-4-5-9(2,13)6-8-10-7-11-12-8/h7,13H,3-6H2,1-2H3,(H,10,11,12). The maximum absolute atomic E-state index is 9.93. The second-order valence-corrected chi connectivity index (χ2v) is 3.71. The summed E-state index contributed by atoms with van der Waals surface area (Å²) in [4.78, 5) is 3.98. The average Bonchev–Trinajstić information content (AvgIpc) is 2.52. The molecule has 0 fully saturated rings. The number of aromatic amines is 1. The predicted molar refractivity (Wildman–Crippen MR) is 50.2 cm³/mol. The van der Waals surface area contributed by atoms with E-state index in [9.17, 15) is 5.11 Å². The first-order chi connectivity index (χ1) is 6.14. The van der Waals surface area contributed by atoms with E-state index in [1.165, 1.54) is 6.33 Å². The van der Waals surface area contributed by atoms with Gasteiger partial charge in [0.15, 0.2) is 0 Å². The van der Waals surface area contributed by atoms with Gasteiger partial charge >= 0.3 is 0 Å². The molecule has 0 spiro atoms. The number of aromatic nitrogens is 3. The molecular formula is C9H17N3O. The Morgan fingerprint density at radius 1 is 1.62 bits per heavy atom. The Bertz CT molecular complexity index is 231. The third-order valence-corrected chi connectivity index (χ3v) is 2.08. The fourth-order valence-electron chi connectivity index (χ4n) is 1.32. The zero-order chi connectivity index (χ0) is 9.73. The Labute approximate surface area is 78.4 Å². The van der Waals surface area contributed by atoms with Crippen molar-refractivity contribution < 1.29 is 5.11 Å². The van der Waals surface area contributed by atoms with Crippen molar-refractivity contribution >= 4 is 0 Å². The molecule has 2 N–H and O–H groups in total. The van der Waals surface area contributed by atoms with Crippen LogP contribution in [0.2, 0.25) is 0 Å². The van der Waals surface area contributed by atoms with Crippen molar-refractivity contribution in [1.82, 2.24) is 15.2 Å². The number of nitrogens with zero attached hydrogens (tertiary/aromatic N) is 2. The van der Waals surface area contributed by atoms with Gasteiger partial charge in [-0.25, -0.2) is 4.98 Å². The van der Waals surface area contributed by atoms with Gasteiger partial charge in [0.2, 0.25) is 0 Å². The van der Waals surface area contributed by atoms with Crippen LogP contribution < -0.4 is 0 Å². The Morgan fingerprint density at radius 2 is 2.38 bits per heavy atom. The molecule has 0 amide bonds. The molecular weight excluding hydrogens is 166 g/mol. The van der Waals surface area contributed by atoms with Crippen LogP contribution in [0.5, 0.6) is 0 Å². The Hall–Kier alpha value is -0.900. The second kappa shape index (κ2) is 4.37. The van der Waals surface area contributed by atoms with Crippen molar-refractivity contribution in [3.05, 3.63) is 12.2 Å². The van der Waals surface area contributed by atoms with Crippen LogP contribution in [0.25, 0.3) is 0 Å². The van der Waals surface area contributed by atoms with Gasteiger partial charge in [-0.05, 0) is 13.3 Å². The highest BCUT2D eigenvalue weighted by Gasteiger charge is 2.21. The van der Waals surface area contributed by atoms with Crippen molar-refractivity contribution in [2.75, 3.05) is 0 Å². The molecule has 1 rings (SSSR count). The van der Waals surface area contributed by atoms with E-state index in [4.69, 9.17) is 0 Å². The molecule has 0 saturated heterocycles. The molecule has 0 saturated carbocycles. The Balaban J connectivity index is 2.42. The summed E-state index contributed by atoms with van der Waals surface area (Å²) >= 11 is 0. The highest BCUT2D eigenvalue weighted by Crippen LogP contribution is 2.17. The second-order valence-electron chi connectivity index (χ2n) is 3.71. The van der Waals surface area contributed by atoms with E-state index in [2.05, 4.69) is 22.1 Å². The minimum Gasteiger partial charge on any atom is -0.390 e. The van der Waals surface area contributed by atoms with E-state index in [-0.39, 0.29) is 0 Å². The number of rotatable bonds is 5. The molecule has 1 unspecified atom stereocenters. The summed E-state index contributed by atoms with van der Waals surface area (Å²) in [6, 6.07) is 0. The minimum absolute atomic E-state index is 0.549. The maximum atomic E-state index is 9.93. The fraction of sp³-hybridized carbons (Fsp3) is 0.778. The molecule has 13 heavy (non-hydrogen) atoms. The zero-order valence-corrected chi connectivity index (χ0v) is 8.25.